The first kappa shape index (κ1) is 39.5. The van der Waals surface area contributed by atoms with Gasteiger partial charge in [0.15, 0.2) is 11.5 Å². The van der Waals surface area contributed by atoms with Crippen molar-refractivity contribution < 1.29 is 43.4 Å². The van der Waals surface area contributed by atoms with E-state index in [0.717, 1.165) is 29.2 Å². The van der Waals surface area contributed by atoms with Crippen molar-refractivity contribution in [2.75, 3.05) is 46.8 Å². The number of methoxy groups -OCH3 is 1. The molecule has 55 heavy (non-hydrogen) atoms. The van der Waals surface area contributed by atoms with Crippen molar-refractivity contribution in [2.24, 2.45) is 0 Å². The van der Waals surface area contributed by atoms with Crippen molar-refractivity contribution >= 4 is 0 Å². The van der Waals surface area contributed by atoms with Crippen molar-refractivity contribution in [2.45, 2.75) is 56.8 Å². The number of ether oxygens (including phenoxy) is 7. The van der Waals surface area contributed by atoms with Gasteiger partial charge in [-0.1, -0.05) is 88.4 Å². The Balaban J connectivity index is 0.919. The van der Waals surface area contributed by atoms with Crippen LogP contribution in [0.5, 0.6) is 34.5 Å². The van der Waals surface area contributed by atoms with Crippen LogP contribution < -0.4 is 28.4 Å². The zero-order valence-electron chi connectivity index (χ0n) is 32.3. The second kappa shape index (κ2) is 17.9. The molecule has 290 valence electrons. The average Bonchev–Trinajstić information content (AvgIpc) is 4.05. The van der Waals surface area contributed by atoms with Gasteiger partial charge >= 0.3 is 0 Å². The van der Waals surface area contributed by atoms with E-state index in [1.54, 1.807) is 19.2 Å². The van der Waals surface area contributed by atoms with Crippen molar-refractivity contribution in [3.63, 3.8) is 0 Å². The van der Waals surface area contributed by atoms with E-state index in [0.29, 0.717) is 29.6 Å². The fraction of sp³-hybridized carbons (Fsp3) is 0.348. The van der Waals surface area contributed by atoms with Crippen LogP contribution >= 0.6 is 0 Å². The van der Waals surface area contributed by atoms with E-state index < -0.39 is 12.2 Å². The maximum atomic E-state index is 10.7. The summed E-state index contributed by atoms with van der Waals surface area (Å²) in [6.07, 6.45) is -1.54. The predicted octanol–water partition coefficient (Wildman–Crippen LogP) is 7.76. The van der Waals surface area contributed by atoms with Crippen LogP contribution in [-0.4, -0.2) is 75.3 Å². The quantitative estimate of drug-likeness (QED) is 0.0773. The molecule has 5 aromatic carbocycles. The van der Waals surface area contributed by atoms with Crippen molar-refractivity contribution in [3.8, 4) is 34.5 Å². The molecule has 1 fully saturated rings. The number of rotatable bonds is 20. The molecule has 9 nitrogen and oxygen atoms in total. The summed E-state index contributed by atoms with van der Waals surface area (Å²) in [5.74, 6) is 3.87. The minimum absolute atomic E-state index is 0.00262. The second-order valence-corrected chi connectivity index (χ2v) is 14.8. The lowest BCUT2D eigenvalue weighted by molar-refractivity contribution is 0.0531. The minimum atomic E-state index is -0.886. The number of hydrogen-bond acceptors (Lipinski definition) is 9. The van der Waals surface area contributed by atoms with Gasteiger partial charge in [0.25, 0.3) is 0 Å². The molecule has 3 atom stereocenters. The molecule has 0 aromatic heterocycles. The zero-order valence-corrected chi connectivity index (χ0v) is 32.3. The van der Waals surface area contributed by atoms with Gasteiger partial charge in [-0.15, -0.1) is 0 Å². The highest BCUT2D eigenvalue weighted by Crippen LogP contribution is 2.35. The van der Waals surface area contributed by atoms with Gasteiger partial charge in [-0.3, -0.25) is 0 Å². The third-order valence-electron chi connectivity index (χ3n) is 9.97. The largest absolute Gasteiger partial charge is 0.497 e. The Morgan fingerprint density at radius 2 is 0.836 bits per heavy atom. The van der Waals surface area contributed by atoms with E-state index in [2.05, 4.69) is 52.0 Å². The molecule has 0 amide bonds. The lowest BCUT2D eigenvalue weighted by Gasteiger charge is -2.26. The molecule has 0 radical (unpaired) electrons. The molecule has 0 bridgehead atoms. The van der Waals surface area contributed by atoms with Gasteiger partial charge in [0, 0.05) is 10.8 Å². The fourth-order valence-corrected chi connectivity index (χ4v) is 6.14. The average molecular weight is 749 g/mol. The normalized spacial score (nSPS) is 15.1. The Hall–Kier alpha value is -5.22. The monoisotopic (exact) mass is 748 g/mol. The van der Waals surface area contributed by atoms with Gasteiger partial charge in [-0.25, -0.2) is 0 Å². The van der Waals surface area contributed by atoms with Gasteiger partial charge in [0.05, 0.1) is 13.7 Å². The lowest BCUT2D eigenvalue weighted by Crippen LogP contribution is -2.26. The first-order valence-corrected chi connectivity index (χ1v) is 18.7. The van der Waals surface area contributed by atoms with Crippen molar-refractivity contribution in [3.05, 3.63) is 144 Å². The first-order valence-electron chi connectivity index (χ1n) is 18.7. The van der Waals surface area contributed by atoms with Crippen LogP contribution in [0.4, 0.5) is 0 Å². The molecular formula is C46H52O9. The molecule has 6 rings (SSSR count). The summed E-state index contributed by atoms with van der Waals surface area (Å²) >= 11 is 0. The highest BCUT2D eigenvalue weighted by Gasteiger charge is 2.26. The molecule has 1 aliphatic rings. The molecule has 0 aliphatic carbocycles. The highest BCUT2D eigenvalue weighted by atomic mass is 16.6. The molecule has 1 aliphatic heterocycles. The summed E-state index contributed by atoms with van der Waals surface area (Å²) in [7, 11) is 1.66. The summed E-state index contributed by atoms with van der Waals surface area (Å²) in [5.41, 5.74) is 4.18. The molecule has 1 saturated heterocycles. The molecule has 9 heteroatoms. The Labute approximate surface area is 324 Å². The number of para-hydroxylation sites is 2. The number of benzene rings is 5. The third-order valence-corrected chi connectivity index (χ3v) is 9.97. The van der Waals surface area contributed by atoms with E-state index in [1.807, 2.05) is 84.9 Å². The van der Waals surface area contributed by atoms with E-state index in [9.17, 15) is 10.2 Å². The van der Waals surface area contributed by atoms with Crippen LogP contribution in [0.2, 0.25) is 0 Å². The smallest absolute Gasteiger partial charge is 0.161 e. The number of aliphatic hydroxyl groups is 2. The van der Waals surface area contributed by atoms with Crippen molar-refractivity contribution in [1.82, 2.24) is 0 Å². The SMILES string of the molecule is COc1ccc(C(C)(C)c2ccc(OCC(O)COc3ccccc3OCC(O)COc3ccc(C(C)(C)c4ccc(OCC5CO5)cc4)cc3)cc2)cc1. The maximum absolute atomic E-state index is 10.7. The highest BCUT2D eigenvalue weighted by molar-refractivity contribution is 5.43. The van der Waals surface area contributed by atoms with Crippen LogP contribution in [0.15, 0.2) is 121 Å². The van der Waals surface area contributed by atoms with Gasteiger partial charge in [-0.2, -0.15) is 0 Å². The number of hydrogen-bond donors (Lipinski definition) is 2. The zero-order chi connectivity index (χ0) is 38.8. The maximum Gasteiger partial charge on any atom is 0.161 e. The lowest BCUT2D eigenvalue weighted by atomic mass is 9.78. The molecule has 0 saturated carbocycles. The van der Waals surface area contributed by atoms with Crippen LogP contribution in [0.3, 0.4) is 0 Å². The Kier molecular flexibility index (Phi) is 12.9. The summed E-state index contributed by atoms with van der Waals surface area (Å²) in [6.45, 7) is 10.2. The number of epoxide rings is 1. The summed E-state index contributed by atoms with van der Waals surface area (Å²) in [6, 6.07) is 39.2. The Morgan fingerprint density at radius 1 is 0.509 bits per heavy atom. The van der Waals surface area contributed by atoms with Crippen molar-refractivity contribution in [1.29, 1.82) is 0 Å². The Morgan fingerprint density at radius 3 is 1.18 bits per heavy atom. The summed E-state index contributed by atoms with van der Waals surface area (Å²) < 4.78 is 39.8. The van der Waals surface area contributed by atoms with E-state index in [1.165, 1.54) is 11.1 Å². The van der Waals surface area contributed by atoms with E-state index in [4.69, 9.17) is 33.2 Å². The van der Waals surface area contributed by atoms with Crippen LogP contribution in [0.1, 0.15) is 49.9 Å². The summed E-state index contributed by atoms with van der Waals surface area (Å²) in [4.78, 5) is 0. The fourth-order valence-electron chi connectivity index (χ4n) is 6.14. The van der Waals surface area contributed by atoms with Gasteiger partial charge in [0.2, 0.25) is 0 Å². The van der Waals surface area contributed by atoms with E-state index >= 15 is 0 Å². The molecule has 2 N–H and O–H groups in total. The van der Waals surface area contributed by atoms with Gasteiger partial charge < -0.3 is 43.4 Å². The molecule has 5 aromatic rings. The second-order valence-electron chi connectivity index (χ2n) is 14.8. The summed E-state index contributed by atoms with van der Waals surface area (Å²) in [5, 5.41) is 21.3. The van der Waals surface area contributed by atoms with Crippen LogP contribution in [0, 0.1) is 0 Å². The number of aliphatic hydroxyl groups excluding tert-OH is 2. The van der Waals surface area contributed by atoms with E-state index in [-0.39, 0.29) is 43.4 Å². The van der Waals surface area contributed by atoms with Crippen LogP contribution in [-0.2, 0) is 15.6 Å². The topological polar surface area (TPSA) is 108 Å². The third kappa shape index (κ3) is 10.7. The van der Waals surface area contributed by atoms with Gasteiger partial charge in [0.1, 0.15) is 74.3 Å². The molecule has 0 spiro atoms. The Bertz CT molecular complexity index is 1920. The molecule has 3 unspecified atom stereocenters. The molecule has 1 heterocycles. The standard InChI is InChI=1S/C46H52O9/c1-45(2,32-10-18-38(49-5)19-11-32)33-12-20-39(21-13-33)50-26-36(47)28-54-43-8-6-7-9-44(43)55-29-37(48)27-51-40-22-14-34(15-23-40)46(3,4)35-16-24-41(25-17-35)52-30-42-31-53-42/h6-25,36-37,42,47-48H,26-31H2,1-5H3. The predicted molar refractivity (Wildman–Crippen MR) is 212 cm³/mol. The van der Waals surface area contributed by atoms with Crippen LogP contribution in [0.25, 0.3) is 0 Å². The minimum Gasteiger partial charge on any atom is -0.497 e. The first-order chi connectivity index (χ1) is 26.5. The van der Waals surface area contributed by atoms with Gasteiger partial charge in [-0.05, 0) is 82.9 Å². The molecular weight excluding hydrogens is 696 g/mol.